The lowest BCUT2D eigenvalue weighted by Crippen LogP contribution is -2.60. The Bertz CT molecular complexity index is 465. The van der Waals surface area contributed by atoms with Crippen molar-refractivity contribution < 1.29 is 25.2 Å². The summed E-state index contributed by atoms with van der Waals surface area (Å²) in [5.41, 5.74) is 2.96. The standard InChI is InChI=1S/C14H21NO5/c1-7-3-4-9(5-8(7)2)15-14-13(19)12(18)11(17)10(6-16)20-14/h3-5,10-19H,6H2,1-2H3/t10-,11-,12+,13+,14+/m1/s1. The Morgan fingerprint density at radius 3 is 2.35 bits per heavy atom. The summed E-state index contributed by atoms with van der Waals surface area (Å²) in [5, 5.41) is 41.4. The van der Waals surface area contributed by atoms with Gasteiger partial charge in [0.1, 0.15) is 24.4 Å². The molecular weight excluding hydrogens is 262 g/mol. The molecule has 0 aliphatic carbocycles. The molecule has 5 N–H and O–H groups in total. The van der Waals surface area contributed by atoms with Crippen LogP contribution in [-0.2, 0) is 4.74 Å². The molecule has 1 aromatic rings. The Labute approximate surface area is 117 Å². The normalized spacial score (nSPS) is 34.0. The van der Waals surface area contributed by atoms with Crippen molar-refractivity contribution >= 4 is 5.69 Å². The molecule has 5 atom stereocenters. The van der Waals surface area contributed by atoms with Gasteiger partial charge in [0.2, 0.25) is 0 Å². The van der Waals surface area contributed by atoms with Gasteiger partial charge < -0.3 is 30.5 Å². The fourth-order valence-corrected chi connectivity index (χ4v) is 2.22. The molecule has 6 heteroatoms. The Kier molecular flexibility index (Phi) is 4.62. The number of anilines is 1. The van der Waals surface area contributed by atoms with Crippen molar-refractivity contribution in [2.75, 3.05) is 11.9 Å². The van der Waals surface area contributed by atoms with Crippen LogP contribution >= 0.6 is 0 Å². The van der Waals surface area contributed by atoms with Crippen LogP contribution in [0.25, 0.3) is 0 Å². The highest BCUT2D eigenvalue weighted by Crippen LogP contribution is 2.23. The molecule has 0 spiro atoms. The van der Waals surface area contributed by atoms with Gasteiger partial charge in [-0.3, -0.25) is 0 Å². The van der Waals surface area contributed by atoms with Crippen LogP contribution in [0.15, 0.2) is 18.2 Å². The van der Waals surface area contributed by atoms with E-state index in [1.165, 1.54) is 0 Å². The lowest BCUT2D eigenvalue weighted by molar-refractivity contribution is -0.221. The van der Waals surface area contributed by atoms with Crippen LogP contribution in [0.4, 0.5) is 5.69 Å². The molecule has 1 fully saturated rings. The van der Waals surface area contributed by atoms with Gasteiger partial charge in [0.15, 0.2) is 6.23 Å². The molecule has 1 heterocycles. The minimum Gasteiger partial charge on any atom is -0.394 e. The van der Waals surface area contributed by atoms with Crippen molar-refractivity contribution in [3.05, 3.63) is 29.3 Å². The molecule has 0 aromatic heterocycles. The van der Waals surface area contributed by atoms with Crippen LogP contribution in [0.5, 0.6) is 0 Å². The van der Waals surface area contributed by atoms with E-state index in [0.29, 0.717) is 0 Å². The van der Waals surface area contributed by atoms with Crippen LogP contribution in [0.1, 0.15) is 11.1 Å². The predicted molar refractivity (Wildman–Crippen MR) is 73.3 cm³/mol. The van der Waals surface area contributed by atoms with Crippen LogP contribution in [0, 0.1) is 13.8 Å². The molecule has 20 heavy (non-hydrogen) atoms. The minimum atomic E-state index is -1.37. The van der Waals surface area contributed by atoms with E-state index in [0.717, 1.165) is 16.8 Å². The van der Waals surface area contributed by atoms with Crippen molar-refractivity contribution in [3.8, 4) is 0 Å². The van der Waals surface area contributed by atoms with Crippen molar-refractivity contribution in [1.29, 1.82) is 0 Å². The Morgan fingerprint density at radius 1 is 1.05 bits per heavy atom. The SMILES string of the molecule is Cc1ccc(N[C@H]2O[C@H](CO)[C@@H](O)[C@H](O)[C@@H]2O)cc1C. The molecule has 0 saturated carbocycles. The first kappa shape index (κ1) is 15.2. The smallest absolute Gasteiger partial charge is 0.157 e. The number of hydrogen-bond donors (Lipinski definition) is 5. The number of ether oxygens (including phenoxy) is 1. The molecule has 0 unspecified atom stereocenters. The number of nitrogens with one attached hydrogen (secondary N) is 1. The van der Waals surface area contributed by atoms with E-state index in [4.69, 9.17) is 9.84 Å². The van der Waals surface area contributed by atoms with Gasteiger partial charge in [-0.05, 0) is 37.1 Å². The van der Waals surface area contributed by atoms with Crippen molar-refractivity contribution in [2.45, 2.75) is 44.5 Å². The first-order chi connectivity index (χ1) is 9.43. The van der Waals surface area contributed by atoms with Gasteiger partial charge in [-0.1, -0.05) is 6.07 Å². The zero-order valence-corrected chi connectivity index (χ0v) is 11.5. The molecule has 0 amide bonds. The summed E-state index contributed by atoms with van der Waals surface area (Å²) in [7, 11) is 0. The van der Waals surface area contributed by atoms with Gasteiger partial charge in [0.05, 0.1) is 6.61 Å². The number of aliphatic hydroxyl groups excluding tert-OH is 4. The number of aryl methyl sites for hydroxylation is 2. The maximum atomic E-state index is 9.93. The molecule has 1 saturated heterocycles. The molecule has 1 aromatic carbocycles. The molecule has 6 nitrogen and oxygen atoms in total. The third-order valence-electron chi connectivity index (χ3n) is 3.71. The maximum Gasteiger partial charge on any atom is 0.157 e. The summed E-state index contributed by atoms with van der Waals surface area (Å²) in [6, 6.07) is 5.67. The predicted octanol–water partition coefficient (Wildman–Crippen LogP) is -0.485. The van der Waals surface area contributed by atoms with Gasteiger partial charge in [-0.2, -0.15) is 0 Å². The summed E-state index contributed by atoms with van der Waals surface area (Å²) in [6.45, 7) is 3.52. The van der Waals surface area contributed by atoms with E-state index in [-0.39, 0.29) is 0 Å². The number of benzene rings is 1. The second kappa shape index (κ2) is 6.07. The molecular formula is C14H21NO5. The average molecular weight is 283 g/mol. The van der Waals surface area contributed by atoms with Crippen molar-refractivity contribution in [1.82, 2.24) is 0 Å². The molecule has 0 bridgehead atoms. The molecule has 112 valence electrons. The fourth-order valence-electron chi connectivity index (χ4n) is 2.22. The minimum absolute atomic E-state index is 0.434. The summed E-state index contributed by atoms with van der Waals surface area (Å²) < 4.78 is 5.38. The summed E-state index contributed by atoms with van der Waals surface area (Å²) >= 11 is 0. The zero-order chi connectivity index (χ0) is 14.9. The van der Waals surface area contributed by atoms with Gasteiger partial charge in [-0.15, -0.1) is 0 Å². The third-order valence-corrected chi connectivity index (χ3v) is 3.71. The number of rotatable bonds is 3. The second-order valence-corrected chi connectivity index (χ2v) is 5.19. The Hall–Kier alpha value is -1.18. The fraction of sp³-hybridized carbons (Fsp3) is 0.571. The van der Waals surface area contributed by atoms with E-state index in [2.05, 4.69) is 5.32 Å². The van der Waals surface area contributed by atoms with E-state index in [1.807, 2.05) is 32.0 Å². The van der Waals surface area contributed by atoms with Crippen LogP contribution in [-0.4, -0.2) is 57.7 Å². The molecule has 1 aliphatic rings. The highest BCUT2D eigenvalue weighted by atomic mass is 16.6. The Morgan fingerprint density at radius 2 is 1.75 bits per heavy atom. The summed E-state index contributed by atoms with van der Waals surface area (Å²) in [5.74, 6) is 0. The monoisotopic (exact) mass is 283 g/mol. The largest absolute Gasteiger partial charge is 0.394 e. The van der Waals surface area contributed by atoms with Crippen molar-refractivity contribution in [3.63, 3.8) is 0 Å². The Balaban J connectivity index is 2.13. The van der Waals surface area contributed by atoms with E-state index in [1.54, 1.807) is 0 Å². The number of hydrogen-bond acceptors (Lipinski definition) is 6. The summed E-state index contributed by atoms with van der Waals surface area (Å²) in [4.78, 5) is 0. The summed E-state index contributed by atoms with van der Waals surface area (Å²) in [6.07, 6.45) is -5.79. The quantitative estimate of drug-likeness (QED) is 0.513. The van der Waals surface area contributed by atoms with Crippen molar-refractivity contribution in [2.24, 2.45) is 0 Å². The lowest BCUT2D eigenvalue weighted by Gasteiger charge is -2.40. The molecule has 0 radical (unpaired) electrons. The van der Waals surface area contributed by atoms with Crippen LogP contribution in [0.3, 0.4) is 0 Å². The molecule has 1 aliphatic heterocycles. The highest BCUT2D eigenvalue weighted by Gasteiger charge is 2.43. The molecule has 2 rings (SSSR count). The zero-order valence-electron chi connectivity index (χ0n) is 11.5. The average Bonchev–Trinajstić information content (AvgIpc) is 2.43. The topological polar surface area (TPSA) is 102 Å². The third kappa shape index (κ3) is 2.94. The second-order valence-electron chi connectivity index (χ2n) is 5.19. The first-order valence-electron chi connectivity index (χ1n) is 6.58. The van der Waals surface area contributed by atoms with Gasteiger partial charge in [0, 0.05) is 5.69 Å². The highest BCUT2D eigenvalue weighted by molar-refractivity contribution is 5.48. The maximum absolute atomic E-state index is 9.93. The first-order valence-corrected chi connectivity index (χ1v) is 6.58. The lowest BCUT2D eigenvalue weighted by atomic mass is 9.98. The van der Waals surface area contributed by atoms with Crippen LogP contribution < -0.4 is 5.32 Å². The number of aliphatic hydroxyl groups is 4. The van der Waals surface area contributed by atoms with E-state index >= 15 is 0 Å². The van der Waals surface area contributed by atoms with Crippen LogP contribution in [0.2, 0.25) is 0 Å². The van der Waals surface area contributed by atoms with E-state index in [9.17, 15) is 15.3 Å². The van der Waals surface area contributed by atoms with E-state index < -0.39 is 37.3 Å². The van der Waals surface area contributed by atoms with Gasteiger partial charge in [-0.25, -0.2) is 0 Å². The van der Waals surface area contributed by atoms with Gasteiger partial charge in [0.25, 0.3) is 0 Å². The van der Waals surface area contributed by atoms with Gasteiger partial charge >= 0.3 is 0 Å².